The van der Waals surface area contributed by atoms with Crippen LogP contribution in [0.25, 0.3) is 0 Å². The van der Waals surface area contributed by atoms with Gasteiger partial charge in [0, 0.05) is 6.42 Å². The Morgan fingerprint density at radius 2 is 1.37 bits per heavy atom. The second-order valence-corrected chi connectivity index (χ2v) is 7.17. The van der Waals surface area contributed by atoms with Crippen molar-refractivity contribution in [2.45, 2.75) is 26.2 Å². The zero-order valence-electron chi connectivity index (χ0n) is 11.5. The molecule has 19 heavy (non-hydrogen) atoms. The molecule has 0 radical (unpaired) electrons. The predicted octanol–water partition coefficient (Wildman–Crippen LogP) is 3.03. The molecule has 0 unspecified atom stereocenters. The molecule has 0 atom stereocenters. The van der Waals surface area contributed by atoms with Crippen LogP contribution in [-0.4, -0.2) is 14.1 Å². The Bertz CT molecular complexity index is 495. The maximum Gasteiger partial charge on any atom is 0.451 e. The molecule has 1 heteroatoms. The summed E-state index contributed by atoms with van der Waals surface area (Å²) < 4.78 is 2.83. The van der Waals surface area contributed by atoms with E-state index in [0.29, 0.717) is 0 Å². The third-order valence-electron chi connectivity index (χ3n) is 3.17. The van der Waals surface area contributed by atoms with Gasteiger partial charge in [-0.15, -0.1) is 5.92 Å². The minimum absolute atomic E-state index is 1.03. The highest BCUT2D eigenvalue weighted by molar-refractivity contribution is 6.91. The smallest absolute Gasteiger partial charge is 0.190 e. The average Bonchev–Trinajstić information content (AvgIpc) is 2.49. The third kappa shape index (κ3) is 4.29. The standard InChI is InChI=1S/2C6H5.C6H9.Al/c2*1-2-4-6-5-3-1;1-3-5-6-4-2;/h2*1-5H;3,5-6H2,1H3;. The lowest BCUT2D eigenvalue weighted by Gasteiger charge is -2.06. The molecular formula is C18H19Al. The van der Waals surface area contributed by atoms with Crippen molar-refractivity contribution in [2.75, 3.05) is 0 Å². The van der Waals surface area contributed by atoms with E-state index >= 15 is 0 Å². The second-order valence-electron chi connectivity index (χ2n) is 4.68. The Kier molecular flexibility index (Phi) is 5.77. The number of hydrogen-bond donors (Lipinski definition) is 0. The monoisotopic (exact) mass is 262 g/mol. The molecule has 94 valence electrons. The number of unbranched alkanes of at least 4 members (excludes halogenated alkanes) is 2. The van der Waals surface area contributed by atoms with Crippen LogP contribution in [0.1, 0.15) is 26.2 Å². The molecule has 0 heterocycles. The van der Waals surface area contributed by atoms with Crippen molar-refractivity contribution >= 4 is 23.0 Å². The van der Waals surface area contributed by atoms with Crippen molar-refractivity contribution in [3.63, 3.8) is 0 Å². The number of rotatable bonds is 4. The SMILES string of the molecule is CCCCC#[C][Al]([c]1ccccc1)[c]1ccccc1. The van der Waals surface area contributed by atoms with Gasteiger partial charge in [-0.25, -0.2) is 0 Å². The summed E-state index contributed by atoms with van der Waals surface area (Å²) in [6.07, 6.45) is 3.45. The van der Waals surface area contributed by atoms with E-state index in [9.17, 15) is 0 Å². The molecule has 0 N–H and O–H groups in total. The van der Waals surface area contributed by atoms with E-state index in [1.807, 2.05) is 0 Å². The van der Waals surface area contributed by atoms with Crippen LogP contribution < -0.4 is 8.85 Å². The van der Waals surface area contributed by atoms with Gasteiger partial charge in [-0.1, -0.05) is 82.9 Å². The van der Waals surface area contributed by atoms with E-state index < -0.39 is 14.1 Å². The van der Waals surface area contributed by atoms with Gasteiger partial charge in [0.15, 0.2) is 0 Å². The molecule has 0 bridgehead atoms. The Morgan fingerprint density at radius 1 is 0.842 bits per heavy atom. The molecule has 0 aliphatic carbocycles. The molecule has 0 nitrogen and oxygen atoms in total. The molecule has 2 aromatic carbocycles. The van der Waals surface area contributed by atoms with E-state index in [0.717, 1.165) is 6.42 Å². The molecule has 2 aromatic rings. The number of hydrogen-bond acceptors (Lipinski definition) is 0. The van der Waals surface area contributed by atoms with Gasteiger partial charge in [0.05, 0.1) is 0 Å². The largest absolute Gasteiger partial charge is 0.451 e. The molecule has 0 amide bonds. The van der Waals surface area contributed by atoms with Gasteiger partial charge in [0.2, 0.25) is 0 Å². The van der Waals surface area contributed by atoms with Gasteiger partial charge in [0.25, 0.3) is 0 Å². The Hall–Kier alpha value is -1.47. The van der Waals surface area contributed by atoms with Crippen LogP contribution in [0, 0.1) is 10.7 Å². The molecule has 0 aliphatic rings. The van der Waals surface area contributed by atoms with Gasteiger partial charge in [-0.2, -0.15) is 4.78 Å². The zero-order chi connectivity index (χ0) is 13.3. The van der Waals surface area contributed by atoms with E-state index in [4.69, 9.17) is 0 Å². The van der Waals surface area contributed by atoms with Crippen LogP contribution in [0.2, 0.25) is 0 Å². The highest BCUT2D eigenvalue weighted by Crippen LogP contribution is 1.94. The predicted molar refractivity (Wildman–Crippen MR) is 85.2 cm³/mol. The molecule has 2 rings (SSSR count). The van der Waals surface area contributed by atoms with Crippen molar-refractivity contribution in [2.24, 2.45) is 0 Å². The van der Waals surface area contributed by atoms with Crippen molar-refractivity contribution in [1.82, 2.24) is 0 Å². The summed E-state index contributed by atoms with van der Waals surface area (Å²) in [5.74, 6) is 3.40. The highest BCUT2D eigenvalue weighted by atomic mass is 27.2. The van der Waals surface area contributed by atoms with Crippen molar-refractivity contribution in [3.8, 4) is 10.7 Å². The maximum absolute atomic E-state index is 3.58. The van der Waals surface area contributed by atoms with E-state index in [1.54, 1.807) is 0 Å². The second kappa shape index (κ2) is 7.86. The molecular weight excluding hydrogens is 243 g/mol. The Labute approximate surface area is 120 Å². The quantitative estimate of drug-likeness (QED) is 0.451. The normalized spacial score (nSPS) is 9.53. The summed E-state index contributed by atoms with van der Waals surface area (Å²) >= 11 is -1.35. The lowest BCUT2D eigenvalue weighted by molar-refractivity contribution is 0.828. The first-order valence-corrected chi connectivity index (χ1v) is 8.73. The average molecular weight is 262 g/mol. The summed E-state index contributed by atoms with van der Waals surface area (Å²) in [5, 5.41) is 0. The molecule has 0 aromatic heterocycles. The summed E-state index contributed by atoms with van der Waals surface area (Å²) in [4.78, 5) is 3.58. The first-order chi connectivity index (χ1) is 9.42. The van der Waals surface area contributed by atoms with E-state index in [1.165, 1.54) is 21.7 Å². The minimum Gasteiger partial charge on any atom is -0.190 e. The summed E-state index contributed by atoms with van der Waals surface area (Å²) in [5.41, 5.74) is 0. The number of benzene rings is 2. The summed E-state index contributed by atoms with van der Waals surface area (Å²) in [7, 11) is 0. The summed E-state index contributed by atoms with van der Waals surface area (Å²) in [6, 6.07) is 21.5. The van der Waals surface area contributed by atoms with Crippen LogP contribution in [-0.2, 0) is 0 Å². The minimum atomic E-state index is -1.35. The van der Waals surface area contributed by atoms with Gasteiger partial charge in [-0.05, 0) is 6.42 Å². The van der Waals surface area contributed by atoms with Crippen LogP contribution in [0.4, 0.5) is 0 Å². The molecule has 0 fully saturated rings. The van der Waals surface area contributed by atoms with Crippen LogP contribution in [0.3, 0.4) is 0 Å². The zero-order valence-corrected chi connectivity index (χ0v) is 12.6. The molecule has 0 spiro atoms. The van der Waals surface area contributed by atoms with Crippen molar-refractivity contribution in [3.05, 3.63) is 60.7 Å². The first kappa shape index (κ1) is 14.0. The van der Waals surface area contributed by atoms with Crippen LogP contribution in [0.15, 0.2) is 60.7 Å². The van der Waals surface area contributed by atoms with Crippen molar-refractivity contribution < 1.29 is 0 Å². The maximum atomic E-state index is 3.58. The summed E-state index contributed by atoms with van der Waals surface area (Å²) in [6.45, 7) is 2.21. The van der Waals surface area contributed by atoms with Gasteiger partial charge >= 0.3 is 14.1 Å². The highest BCUT2D eigenvalue weighted by Gasteiger charge is 2.20. The van der Waals surface area contributed by atoms with E-state index in [-0.39, 0.29) is 0 Å². The fourth-order valence-electron chi connectivity index (χ4n) is 2.09. The topological polar surface area (TPSA) is 0 Å². The molecule has 0 aliphatic heterocycles. The van der Waals surface area contributed by atoms with Crippen LogP contribution in [0.5, 0.6) is 0 Å². The Morgan fingerprint density at radius 3 is 1.84 bits per heavy atom. The van der Waals surface area contributed by atoms with Crippen LogP contribution >= 0.6 is 0 Å². The molecule has 0 saturated heterocycles. The lowest BCUT2D eigenvalue weighted by atomic mass is 10.3. The van der Waals surface area contributed by atoms with Gasteiger partial charge in [-0.3, -0.25) is 0 Å². The fourth-order valence-corrected chi connectivity index (χ4v) is 4.37. The molecule has 0 saturated carbocycles. The van der Waals surface area contributed by atoms with Gasteiger partial charge < -0.3 is 0 Å². The fraction of sp³-hybridized carbons (Fsp3) is 0.222. The first-order valence-electron chi connectivity index (χ1n) is 7.00. The van der Waals surface area contributed by atoms with Gasteiger partial charge in [0.1, 0.15) is 0 Å². The lowest BCUT2D eigenvalue weighted by Crippen LogP contribution is -2.41. The Balaban J connectivity index is 2.26. The van der Waals surface area contributed by atoms with E-state index in [2.05, 4.69) is 78.3 Å². The third-order valence-corrected chi connectivity index (χ3v) is 5.76. The van der Waals surface area contributed by atoms with Crippen molar-refractivity contribution in [1.29, 1.82) is 0 Å².